The van der Waals surface area contributed by atoms with E-state index in [1.807, 2.05) is 6.07 Å². The van der Waals surface area contributed by atoms with Crippen molar-refractivity contribution >= 4 is 23.4 Å². The van der Waals surface area contributed by atoms with Crippen molar-refractivity contribution in [3.8, 4) is 0 Å². The van der Waals surface area contributed by atoms with Gasteiger partial charge in [0.1, 0.15) is 6.17 Å². The SMILES string of the molecule is CN1C(=O)c2ccccc2NC1c1ccc(SC(F)(F)F)cc1. The van der Waals surface area contributed by atoms with Gasteiger partial charge in [-0.25, -0.2) is 0 Å². The number of nitrogens with one attached hydrogen (secondary N) is 1. The molecule has 0 fully saturated rings. The van der Waals surface area contributed by atoms with E-state index in [4.69, 9.17) is 0 Å². The quantitative estimate of drug-likeness (QED) is 0.819. The Bertz CT molecular complexity index is 731. The van der Waals surface area contributed by atoms with Crippen LogP contribution in [0.25, 0.3) is 0 Å². The molecule has 1 unspecified atom stereocenters. The number of hydrogen-bond acceptors (Lipinski definition) is 3. The monoisotopic (exact) mass is 338 g/mol. The molecule has 23 heavy (non-hydrogen) atoms. The molecule has 0 aromatic heterocycles. The zero-order valence-electron chi connectivity index (χ0n) is 12.1. The lowest BCUT2D eigenvalue weighted by molar-refractivity contribution is -0.0328. The van der Waals surface area contributed by atoms with E-state index >= 15 is 0 Å². The molecule has 1 heterocycles. The second-order valence-electron chi connectivity index (χ2n) is 5.13. The van der Waals surface area contributed by atoms with Crippen molar-refractivity contribution in [2.75, 3.05) is 12.4 Å². The van der Waals surface area contributed by atoms with E-state index in [0.29, 0.717) is 11.3 Å². The number of rotatable bonds is 2. The molecule has 0 radical (unpaired) electrons. The number of carbonyl (C=O) groups is 1. The number of thioether (sulfide) groups is 1. The van der Waals surface area contributed by atoms with Crippen molar-refractivity contribution in [3.63, 3.8) is 0 Å². The third-order valence-corrected chi connectivity index (χ3v) is 4.33. The van der Waals surface area contributed by atoms with Gasteiger partial charge in [-0.15, -0.1) is 0 Å². The summed E-state index contributed by atoms with van der Waals surface area (Å²) in [6.45, 7) is 0. The highest BCUT2D eigenvalue weighted by molar-refractivity contribution is 8.00. The maximum atomic E-state index is 12.4. The number of carbonyl (C=O) groups excluding carboxylic acids is 1. The molecule has 1 amide bonds. The Morgan fingerprint density at radius 2 is 1.74 bits per heavy atom. The van der Waals surface area contributed by atoms with Crippen LogP contribution in [0.2, 0.25) is 0 Å². The highest BCUT2D eigenvalue weighted by atomic mass is 32.2. The van der Waals surface area contributed by atoms with Gasteiger partial charge in [-0.3, -0.25) is 4.79 Å². The number of hydrogen-bond donors (Lipinski definition) is 1. The minimum absolute atomic E-state index is 0.117. The first kappa shape index (κ1) is 15.7. The highest BCUT2D eigenvalue weighted by Crippen LogP contribution is 2.38. The van der Waals surface area contributed by atoms with Gasteiger partial charge in [0.05, 0.1) is 5.56 Å². The molecule has 3 rings (SSSR count). The van der Waals surface area contributed by atoms with Crippen LogP contribution in [-0.4, -0.2) is 23.4 Å². The molecule has 1 atom stereocenters. The summed E-state index contributed by atoms with van der Waals surface area (Å²) in [5, 5.41) is 3.24. The highest BCUT2D eigenvalue weighted by Gasteiger charge is 2.31. The third-order valence-electron chi connectivity index (χ3n) is 3.59. The molecule has 0 aliphatic carbocycles. The van der Waals surface area contributed by atoms with Crippen LogP contribution in [0.1, 0.15) is 22.1 Å². The fourth-order valence-corrected chi connectivity index (χ4v) is 3.05. The number of para-hydroxylation sites is 1. The summed E-state index contributed by atoms with van der Waals surface area (Å²) < 4.78 is 37.1. The molecule has 120 valence electrons. The zero-order chi connectivity index (χ0) is 16.6. The van der Waals surface area contributed by atoms with Gasteiger partial charge in [-0.2, -0.15) is 13.2 Å². The normalized spacial score (nSPS) is 17.7. The van der Waals surface area contributed by atoms with Gasteiger partial charge in [0.15, 0.2) is 0 Å². The summed E-state index contributed by atoms with van der Waals surface area (Å²) in [6.07, 6.45) is -0.415. The van der Waals surface area contributed by atoms with Crippen LogP contribution in [0.3, 0.4) is 0 Å². The molecule has 1 N–H and O–H groups in total. The van der Waals surface area contributed by atoms with Crippen molar-refractivity contribution < 1.29 is 18.0 Å². The molecule has 0 spiro atoms. The van der Waals surface area contributed by atoms with Gasteiger partial charge >= 0.3 is 5.51 Å². The first-order chi connectivity index (χ1) is 10.8. The summed E-state index contributed by atoms with van der Waals surface area (Å²) in [4.78, 5) is 14.0. The summed E-state index contributed by atoms with van der Waals surface area (Å²) in [7, 11) is 1.66. The summed E-state index contributed by atoms with van der Waals surface area (Å²) in [5.41, 5.74) is -2.29. The number of anilines is 1. The van der Waals surface area contributed by atoms with E-state index in [0.717, 1.165) is 5.56 Å². The van der Waals surface area contributed by atoms with Crippen LogP contribution >= 0.6 is 11.8 Å². The largest absolute Gasteiger partial charge is 0.446 e. The van der Waals surface area contributed by atoms with Gasteiger partial charge in [0.25, 0.3) is 5.91 Å². The van der Waals surface area contributed by atoms with Crippen LogP contribution < -0.4 is 5.32 Å². The number of benzene rings is 2. The van der Waals surface area contributed by atoms with Gasteiger partial charge in [-0.05, 0) is 41.6 Å². The molecule has 3 nitrogen and oxygen atoms in total. The number of halogens is 3. The summed E-state index contributed by atoms with van der Waals surface area (Å²) in [6, 6.07) is 13.2. The molecule has 7 heteroatoms. The van der Waals surface area contributed by atoms with Gasteiger partial charge in [0, 0.05) is 17.6 Å². The Hall–Kier alpha value is -2.15. The van der Waals surface area contributed by atoms with E-state index < -0.39 is 11.7 Å². The molecule has 2 aromatic carbocycles. The van der Waals surface area contributed by atoms with Gasteiger partial charge in [-0.1, -0.05) is 24.3 Å². The maximum absolute atomic E-state index is 12.4. The third kappa shape index (κ3) is 3.29. The fourth-order valence-electron chi connectivity index (χ4n) is 2.51. The number of alkyl halides is 3. The lowest BCUT2D eigenvalue weighted by Gasteiger charge is -2.35. The molecular formula is C16H13F3N2OS. The van der Waals surface area contributed by atoms with Crippen LogP contribution in [0, 0.1) is 0 Å². The van der Waals surface area contributed by atoms with Crippen molar-refractivity contribution in [2.24, 2.45) is 0 Å². The molecule has 1 aliphatic heterocycles. The molecule has 2 aromatic rings. The van der Waals surface area contributed by atoms with E-state index in [-0.39, 0.29) is 22.6 Å². The fraction of sp³-hybridized carbons (Fsp3) is 0.188. The standard InChI is InChI=1S/C16H13F3N2OS/c1-21-14(20-13-5-3-2-4-12(13)15(21)22)10-6-8-11(9-7-10)23-16(17,18)19/h2-9,14,20H,1H3. The number of nitrogens with zero attached hydrogens (tertiary/aromatic N) is 1. The van der Waals surface area contributed by atoms with Crippen LogP contribution in [-0.2, 0) is 0 Å². The number of amides is 1. The average Bonchev–Trinajstić information content (AvgIpc) is 2.50. The van der Waals surface area contributed by atoms with Crippen LogP contribution in [0.15, 0.2) is 53.4 Å². The molecule has 0 saturated heterocycles. The summed E-state index contributed by atoms with van der Waals surface area (Å²) >= 11 is -0.155. The van der Waals surface area contributed by atoms with E-state index in [1.165, 1.54) is 17.0 Å². The zero-order valence-corrected chi connectivity index (χ0v) is 12.9. The topological polar surface area (TPSA) is 32.3 Å². The first-order valence-electron chi connectivity index (χ1n) is 6.83. The van der Waals surface area contributed by atoms with E-state index in [2.05, 4.69) is 5.32 Å². The van der Waals surface area contributed by atoms with E-state index in [1.54, 1.807) is 37.4 Å². The molecule has 1 aliphatic rings. The minimum Gasteiger partial charge on any atom is -0.361 e. The molecule has 0 saturated carbocycles. The number of fused-ring (bicyclic) bond motifs is 1. The Kier molecular flexibility index (Phi) is 3.97. The van der Waals surface area contributed by atoms with Crippen LogP contribution in [0.4, 0.5) is 18.9 Å². The van der Waals surface area contributed by atoms with Crippen molar-refractivity contribution in [1.82, 2.24) is 4.90 Å². The average molecular weight is 338 g/mol. The van der Waals surface area contributed by atoms with Crippen molar-refractivity contribution in [3.05, 3.63) is 59.7 Å². The van der Waals surface area contributed by atoms with Gasteiger partial charge in [0.2, 0.25) is 0 Å². The minimum atomic E-state index is -4.31. The summed E-state index contributed by atoms with van der Waals surface area (Å²) in [5.74, 6) is -0.127. The van der Waals surface area contributed by atoms with Crippen LogP contribution in [0.5, 0.6) is 0 Å². The predicted octanol–water partition coefficient (Wildman–Crippen LogP) is 4.49. The molecular weight excluding hydrogens is 325 g/mol. The van der Waals surface area contributed by atoms with Crippen molar-refractivity contribution in [2.45, 2.75) is 16.6 Å². The Morgan fingerprint density at radius 3 is 2.39 bits per heavy atom. The molecule has 0 bridgehead atoms. The smallest absolute Gasteiger partial charge is 0.361 e. The van der Waals surface area contributed by atoms with Crippen molar-refractivity contribution in [1.29, 1.82) is 0 Å². The Labute approximate surface area is 135 Å². The van der Waals surface area contributed by atoms with Gasteiger partial charge < -0.3 is 10.2 Å². The lowest BCUT2D eigenvalue weighted by Crippen LogP contribution is -2.40. The van der Waals surface area contributed by atoms with E-state index in [9.17, 15) is 18.0 Å². The second-order valence-corrected chi connectivity index (χ2v) is 6.26. The maximum Gasteiger partial charge on any atom is 0.446 e. The second kappa shape index (κ2) is 5.81. The predicted molar refractivity (Wildman–Crippen MR) is 83.3 cm³/mol. The first-order valence-corrected chi connectivity index (χ1v) is 7.65. The Morgan fingerprint density at radius 1 is 1.09 bits per heavy atom. The Balaban J connectivity index is 1.86. The lowest BCUT2D eigenvalue weighted by atomic mass is 10.0.